The predicted molar refractivity (Wildman–Crippen MR) is 99.7 cm³/mol. The van der Waals surface area contributed by atoms with Gasteiger partial charge >= 0.3 is 0 Å². The lowest BCUT2D eigenvalue weighted by molar-refractivity contribution is 0.0663. The molecule has 1 aliphatic heterocycles. The number of aliphatic hydroxyl groups excluding tert-OH is 1. The van der Waals surface area contributed by atoms with Crippen LogP contribution in [0.5, 0.6) is 11.5 Å². The lowest BCUT2D eigenvalue weighted by Crippen LogP contribution is -2.49. The fourth-order valence-corrected chi connectivity index (χ4v) is 3.13. The highest BCUT2D eigenvalue weighted by atomic mass is 35.5. The Balaban J connectivity index is 1.41. The van der Waals surface area contributed by atoms with Crippen molar-refractivity contribution >= 4 is 17.3 Å². The molecule has 1 fully saturated rings. The lowest BCUT2D eigenvalue weighted by atomic mass is 10.2. The summed E-state index contributed by atoms with van der Waals surface area (Å²) < 4.78 is 5.56. The van der Waals surface area contributed by atoms with Crippen LogP contribution in [0.25, 0.3) is 0 Å². The molecule has 0 unspecified atom stereocenters. The van der Waals surface area contributed by atoms with Crippen LogP contribution in [-0.4, -0.2) is 60.5 Å². The molecule has 0 bridgehead atoms. The molecule has 3 rings (SSSR count). The molecule has 0 amide bonds. The zero-order valence-electron chi connectivity index (χ0n) is 14.0. The van der Waals surface area contributed by atoms with E-state index in [0.29, 0.717) is 12.3 Å². The molecule has 0 spiro atoms. The Morgan fingerprint density at radius 1 is 1.04 bits per heavy atom. The maximum Gasteiger partial charge on any atom is 0.119 e. The number of hydrogen-bond acceptors (Lipinski definition) is 5. The van der Waals surface area contributed by atoms with Crippen molar-refractivity contribution in [1.82, 2.24) is 4.90 Å². The van der Waals surface area contributed by atoms with Gasteiger partial charge in [-0.05, 0) is 42.5 Å². The van der Waals surface area contributed by atoms with Crippen LogP contribution in [0.15, 0.2) is 48.5 Å². The van der Waals surface area contributed by atoms with Gasteiger partial charge < -0.3 is 19.8 Å². The summed E-state index contributed by atoms with van der Waals surface area (Å²) in [6, 6.07) is 14.4. The van der Waals surface area contributed by atoms with Crippen molar-refractivity contribution < 1.29 is 14.9 Å². The summed E-state index contributed by atoms with van der Waals surface area (Å²) in [7, 11) is 0. The predicted octanol–water partition coefficient (Wildman–Crippen LogP) is 2.61. The summed E-state index contributed by atoms with van der Waals surface area (Å²) >= 11 is 6.06. The molecule has 5 nitrogen and oxygen atoms in total. The van der Waals surface area contributed by atoms with E-state index in [9.17, 15) is 10.2 Å². The van der Waals surface area contributed by atoms with Crippen LogP contribution in [0.3, 0.4) is 0 Å². The Bertz CT molecular complexity index is 673. The second kappa shape index (κ2) is 8.43. The Hall–Kier alpha value is -1.95. The molecule has 2 N–H and O–H groups in total. The molecule has 1 heterocycles. The van der Waals surface area contributed by atoms with Crippen LogP contribution in [0, 0.1) is 0 Å². The number of aromatic hydroxyl groups is 1. The van der Waals surface area contributed by atoms with Crippen LogP contribution >= 0.6 is 11.6 Å². The van der Waals surface area contributed by atoms with Gasteiger partial charge in [-0.2, -0.15) is 0 Å². The van der Waals surface area contributed by atoms with Gasteiger partial charge in [-0.1, -0.05) is 17.7 Å². The fourth-order valence-electron chi connectivity index (χ4n) is 2.95. The minimum Gasteiger partial charge on any atom is -0.508 e. The maximum absolute atomic E-state index is 10.2. The first-order valence-electron chi connectivity index (χ1n) is 8.43. The van der Waals surface area contributed by atoms with Crippen LogP contribution in [0.4, 0.5) is 5.69 Å². The van der Waals surface area contributed by atoms with Crippen LogP contribution < -0.4 is 9.64 Å². The molecular formula is C19H23ClN2O3. The Morgan fingerprint density at radius 2 is 1.76 bits per heavy atom. The molecule has 2 aromatic carbocycles. The third-order valence-corrected chi connectivity index (χ3v) is 4.53. The molecule has 1 atom stereocenters. The van der Waals surface area contributed by atoms with E-state index in [1.54, 1.807) is 24.3 Å². The molecule has 2 aromatic rings. The van der Waals surface area contributed by atoms with Crippen molar-refractivity contribution in [2.45, 2.75) is 6.10 Å². The third-order valence-electron chi connectivity index (χ3n) is 4.29. The number of piperazine rings is 1. The van der Waals surface area contributed by atoms with Crippen molar-refractivity contribution in [3.8, 4) is 11.5 Å². The largest absolute Gasteiger partial charge is 0.508 e. The minimum atomic E-state index is -0.550. The van der Waals surface area contributed by atoms with E-state index in [-0.39, 0.29) is 12.4 Å². The number of rotatable bonds is 6. The lowest BCUT2D eigenvalue weighted by Gasteiger charge is -2.36. The van der Waals surface area contributed by atoms with Gasteiger partial charge in [0.05, 0.1) is 0 Å². The number of hydrogen-bond donors (Lipinski definition) is 2. The summed E-state index contributed by atoms with van der Waals surface area (Å²) in [6.07, 6.45) is -0.550. The summed E-state index contributed by atoms with van der Waals surface area (Å²) in [5, 5.41) is 20.2. The van der Waals surface area contributed by atoms with Crippen molar-refractivity contribution in [3.63, 3.8) is 0 Å². The van der Waals surface area contributed by atoms with Crippen LogP contribution in [-0.2, 0) is 0 Å². The average Bonchev–Trinajstić information content (AvgIpc) is 2.62. The molecule has 25 heavy (non-hydrogen) atoms. The zero-order valence-corrected chi connectivity index (χ0v) is 14.8. The molecule has 0 aliphatic carbocycles. The van der Waals surface area contributed by atoms with E-state index >= 15 is 0 Å². The van der Waals surface area contributed by atoms with Gasteiger partial charge in [0.15, 0.2) is 0 Å². The van der Waals surface area contributed by atoms with Crippen molar-refractivity contribution in [2.24, 2.45) is 0 Å². The highest BCUT2D eigenvalue weighted by Gasteiger charge is 2.20. The van der Waals surface area contributed by atoms with E-state index < -0.39 is 6.10 Å². The highest BCUT2D eigenvalue weighted by molar-refractivity contribution is 6.30. The summed E-state index contributed by atoms with van der Waals surface area (Å²) in [5.74, 6) is 0.841. The second-order valence-corrected chi connectivity index (χ2v) is 6.66. The highest BCUT2D eigenvalue weighted by Crippen LogP contribution is 2.21. The first kappa shape index (κ1) is 17.9. The van der Waals surface area contributed by atoms with Gasteiger partial charge in [0.25, 0.3) is 0 Å². The standard InChI is InChI=1S/C19H23ClN2O3/c20-15-2-1-3-16(12-15)22-10-8-21(9-11-22)13-18(24)14-25-19-6-4-17(23)5-7-19/h1-7,12,18,23-24H,8-11,13-14H2/t18-/m0/s1. The summed E-state index contributed by atoms with van der Waals surface area (Å²) in [4.78, 5) is 4.55. The van der Waals surface area contributed by atoms with Gasteiger partial charge in [0.1, 0.15) is 24.2 Å². The molecule has 134 valence electrons. The molecular weight excluding hydrogens is 340 g/mol. The smallest absolute Gasteiger partial charge is 0.119 e. The first-order valence-corrected chi connectivity index (χ1v) is 8.81. The SMILES string of the molecule is Oc1ccc(OC[C@@H](O)CN2CCN(c3cccc(Cl)c3)CC2)cc1. The van der Waals surface area contributed by atoms with E-state index in [0.717, 1.165) is 36.9 Å². The number of benzene rings is 2. The number of phenols is 1. The van der Waals surface area contributed by atoms with E-state index in [1.165, 1.54) is 0 Å². The minimum absolute atomic E-state index is 0.200. The van der Waals surface area contributed by atoms with Crippen molar-refractivity contribution in [1.29, 1.82) is 0 Å². The topological polar surface area (TPSA) is 56.2 Å². The summed E-state index contributed by atoms with van der Waals surface area (Å²) in [5.41, 5.74) is 1.14. The third kappa shape index (κ3) is 5.26. The number of aliphatic hydroxyl groups is 1. The van der Waals surface area contributed by atoms with E-state index in [4.69, 9.17) is 16.3 Å². The van der Waals surface area contributed by atoms with E-state index in [2.05, 4.69) is 15.9 Å². The van der Waals surface area contributed by atoms with E-state index in [1.807, 2.05) is 18.2 Å². The maximum atomic E-state index is 10.2. The summed E-state index contributed by atoms with van der Waals surface area (Å²) in [6.45, 7) is 4.42. The van der Waals surface area contributed by atoms with Gasteiger partial charge in [-0.15, -0.1) is 0 Å². The number of ether oxygens (including phenoxy) is 1. The molecule has 0 aromatic heterocycles. The molecule has 1 saturated heterocycles. The normalized spacial score (nSPS) is 16.6. The van der Waals surface area contributed by atoms with Gasteiger partial charge in [0.2, 0.25) is 0 Å². The van der Waals surface area contributed by atoms with Crippen LogP contribution in [0.1, 0.15) is 0 Å². The number of phenolic OH excluding ortho intramolecular Hbond substituents is 1. The first-order chi connectivity index (χ1) is 12.1. The Kier molecular flexibility index (Phi) is 6.02. The average molecular weight is 363 g/mol. The van der Waals surface area contributed by atoms with Crippen molar-refractivity contribution in [3.05, 3.63) is 53.6 Å². The van der Waals surface area contributed by atoms with Gasteiger partial charge in [-0.25, -0.2) is 0 Å². The zero-order chi connectivity index (χ0) is 17.6. The Morgan fingerprint density at radius 3 is 2.44 bits per heavy atom. The molecule has 0 radical (unpaired) electrons. The number of β-amino-alcohol motifs (C(OH)–C–C–N with tert-alkyl or cyclic N) is 1. The van der Waals surface area contributed by atoms with Crippen molar-refractivity contribution in [2.75, 3.05) is 44.2 Å². The molecule has 6 heteroatoms. The monoisotopic (exact) mass is 362 g/mol. The number of anilines is 1. The second-order valence-electron chi connectivity index (χ2n) is 6.23. The number of halogens is 1. The number of nitrogens with zero attached hydrogens (tertiary/aromatic N) is 2. The fraction of sp³-hybridized carbons (Fsp3) is 0.368. The quantitative estimate of drug-likeness (QED) is 0.827. The molecule has 0 saturated carbocycles. The van der Waals surface area contributed by atoms with Crippen LogP contribution in [0.2, 0.25) is 5.02 Å². The molecule has 1 aliphatic rings. The Labute approximate surface area is 153 Å². The van der Waals surface area contributed by atoms with Gasteiger partial charge in [0, 0.05) is 43.4 Å². The van der Waals surface area contributed by atoms with Gasteiger partial charge in [-0.3, -0.25) is 4.90 Å².